The number of thiophene rings is 1. The van der Waals surface area contributed by atoms with Crippen molar-refractivity contribution in [3.8, 4) is 5.75 Å². The van der Waals surface area contributed by atoms with Gasteiger partial charge in [0.15, 0.2) is 0 Å². The Morgan fingerprint density at radius 3 is 2.58 bits per heavy atom. The van der Waals surface area contributed by atoms with Crippen LogP contribution in [0.2, 0.25) is 0 Å². The highest BCUT2D eigenvalue weighted by Gasteiger charge is 2.17. The zero-order valence-corrected chi connectivity index (χ0v) is 13.7. The second-order valence-electron chi connectivity index (χ2n) is 4.57. The molecular weight excluding hydrogens is 332 g/mol. The van der Waals surface area contributed by atoms with E-state index in [1.54, 1.807) is 17.5 Å². The summed E-state index contributed by atoms with van der Waals surface area (Å²) >= 11 is 1.19. The Balaban J connectivity index is 1.85. The number of alkyl carbamates (subject to hydrolysis) is 1. The molecule has 0 spiro atoms. The molecule has 0 unspecified atom stereocenters. The number of carbonyl (C=O) groups excluding carboxylic acids is 3. The van der Waals surface area contributed by atoms with Crippen LogP contribution in [0.4, 0.5) is 9.80 Å². The average Bonchev–Trinajstić information content (AvgIpc) is 3.03. The van der Waals surface area contributed by atoms with Crippen molar-refractivity contribution < 1.29 is 23.9 Å². The summed E-state index contributed by atoms with van der Waals surface area (Å²) in [6.07, 6.45) is -0.732. The van der Waals surface area contributed by atoms with Gasteiger partial charge in [-0.15, -0.1) is 11.3 Å². The van der Waals surface area contributed by atoms with E-state index >= 15 is 0 Å². The van der Waals surface area contributed by atoms with E-state index in [9.17, 15) is 14.4 Å². The molecule has 2 rings (SSSR count). The normalized spacial score (nSPS) is 9.88. The van der Waals surface area contributed by atoms with Crippen LogP contribution < -0.4 is 15.4 Å². The quantitative estimate of drug-likeness (QED) is 0.837. The maximum absolute atomic E-state index is 11.9. The smallest absolute Gasteiger partial charge is 0.413 e. The molecule has 2 N–H and O–H groups in total. The lowest BCUT2D eigenvalue weighted by molar-refractivity contribution is -0.116. The predicted molar refractivity (Wildman–Crippen MR) is 89.4 cm³/mol. The highest BCUT2D eigenvalue weighted by Crippen LogP contribution is 2.23. The van der Waals surface area contributed by atoms with E-state index in [-0.39, 0.29) is 24.5 Å². The van der Waals surface area contributed by atoms with Gasteiger partial charge in [-0.2, -0.15) is 0 Å². The molecule has 0 aliphatic carbocycles. The zero-order valence-electron chi connectivity index (χ0n) is 12.9. The van der Waals surface area contributed by atoms with Crippen molar-refractivity contribution in [2.75, 3.05) is 19.0 Å². The fourth-order valence-electron chi connectivity index (χ4n) is 1.76. The Labute approximate surface area is 142 Å². The van der Waals surface area contributed by atoms with Crippen molar-refractivity contribution in [3.63, 3.8) is 0 Å². The Bertz CT molecular complexity index is 714. The zero-order chi connectivity index (χ0) is 17.4. The Morgan fingerprint density at radius 2 is 1.88 bits per heavy atom. The van der Waals surface area contributed by atoms with Crippen molar-refractivity contribution >= 4 is 34.2 Å². The number of imide groups is 1. The molecule has 0 atom stereocenters. The van der Waals surface area contributed by atoms with Crippen LogP contribution in [0.5, 0.6) is 5.75 Å². The first-order chi connectivity index (χ1) is 11.6. The van der Waals surface area contributed by atoms with Gasteiger partial charge in [0.05, 0.1) is 25.7 Å². The molecule has 1 aromatic carbocycles. The molecule has 8 heteroatoms. The molecule has 0 bridgehead atoms. The van der Waals surface area contributed by atoms with Crippen LogP contribution in [-0.4, -0.2) is 31.6 Å². The summed E-state index contributed by atoms with van der Waals surface area (Å²) in [7, 11) is 1.16. The van der Waals surface area contributed by atoms with E-state index in [2.05, 4.69) is 10.1 Å². The number of anilines is 1. The molecule has 24 heavy (non-hydrogen) atoms. The van der Waals surface area contributed by atoms with Crippen molar-refractivity contribution in [3.05, 3.63) is 47.3 Å². The summed E-state index contributed by atoms with van der Waals surface area (Å²) in [6.45, 7) is 0.213. The molecule has 0 aliphatic heterocycles. The van der Waals surface area contributed by atoms with E-state index in [1.165, 1.54) is 17.4 Å². The lowest BCUT2D eigenvalue weighted by Crippen LogP contribution is -2.30. The summed E-state index contributed by atoms with van der Waals surface area (Å²) in [6, 6.07) is 10.7. The third-order valence-electron chi connectivity index (χ3n) is 2.90. The molecule has 0 fully saturated rings. The first-order valence-electron chi connectivity index (χ1n) is 7.04. The number of rotatable bonds is 6. The van der Waals surface area contributed by atoms with E-state index < -0.39 is 12.0 Å². The van der Waals surface area contributed by atoms with E-state index in [0.29, 0.717) is 10.8 Å². The molecule has 126 valence electrons. The number of hydrogen-bond acceptors (Lipinski definition) is 6. The number of carbonyl (C=O) groups is 3. The van der Waals surface area contributed by atoms with Gasteiger partial charge in [-0.05, 0) is 23.6 Å². The number of amides is 3. The molecule has 0 aliphatic rings. The van der Waals surface area contributed by atoms with Crippen LogP contribution in [0.15, 0.2) is 41.8 Å². The number of nitrogens with one attached hydrogen (secondary N) is 2. The number of benzene rings is 1. The monoisotopic (exact) mass is 348 g/mol. The summed E-state index contributed by atoms with van der Waals surface area (Å²) in [5, 5.41) is 6.68. The Kier molecular flexibility index (Phi) is 6.32. The molecule has 2 aromatic rings. The molecule has 1 aromatic heterocycles. The molecule has 7 nitrogen and oxygen atoms in total. The van der Waals surface area contributed by atoms with Gasteiger partial charge in [-0.25, -0.2) is 4.79 Å². The van der Waals surface area contributed by atoms with Gasteiger partial charge in [0.25, 0.3) is 5.91 Å². The fraction of sp³-hybridized carbons (Fsp3) is 0.188. The summed E-state index contributed by atoms with van der Waals surface area (Å²) < 4.78 is 9.81. The SMILES string of the molecule is COC(=O)NC(=O)c1ccsc1NC(=O)CCOc1ccccc1. The summed E-state index contributed by atoms with van der Waals surface area (Å²) in [4.78, 5) is 34.9. The third-order valence-corrected chi connectivity index (χ3v) is 3.73. The van der Waals surface area contributed by atoms with Crippen LogP contribution in [0, 0.1) is 0 Å². The van der Waals surface area contributed by atoms with Gasteiger partial charge in [-0.1, -0.05) is 18.2 Å². The fourth-order valence-corrected chi connectivity index (χ4v) is 2.56. The van der Waals surface area contributed by atoms with Gasteiger partial charge in [-0.3, -0.25) is 14.9 Å². The van der Waals surface area contributed by atoms with Crippen LogP contribution >= 0.6 is 11.3 Å². The first-order valence-corrected chi connectivity index (χ1v) is 7.92. The van der Waals surface area contributed by atoms with Crippen molar-refractivity contribution in [2.24, 2.45) is 0 Å². The summed E-state index contributed by atoms with van der Waals surface area (Å²) in [5.41, 5.74) is 0.197. The van der Waals surface area contributed by atoms with Crippen LogP contribution in [-0.2, 0) is 9.53 Å². The van der Waals surface area contributed by atoms with Crippen LogP contribution in [0.3, 0.4) is 0 Å². The largest absolute Gasteiger partial charge is 0.493 e. The molecule has 3 amide bonds. The third kappa shape index (κ3) is 5.10. The topological polar surface area (TPSA) is 93.7 Å². The van der Waals surface area contributed by atoms with Gasteiger partial charge in [0.2, 0.25) is 5.91 Å². The number of para-hydroxylation sites is 1. The Morgan fingerprint density at radius 1 is 1.12 bits per heavy atom. The second kappa shape index (κ2) is 8.68. The minimum atomic E-state index is -0.861. The molecule has 0 radical (unpaired) electrons. The van der Waals surface area contributed by atoms with E-state index in [0.717, 1.165) is 7.11 Å². The maximum atomic E-state index is 11.9. The molecule has 0 saturated carbocycles. The minimum Gasteiger partial charge on any atom is -0.493 e. The lowest BCUT2D eigenvalue weighted by atomic mass is 10.3. The maximum Gasteiger partial charge on any atom is 0.413 e. The molecule has 0 saturated heterocycles. The highest BCUT2D eigenvalue weighted by atomic mass is 32.1. The van der Waals surface area contributed by atoms with Crippen molar-refractivity contribution in [1.29, 1.82) is 0 Å². The predicted octanol–water partition coefficient (Wildman–Crippen LogP) is 2.65. The lowest BCUT2D eigenvalue weighted by Gasteiger charge is -2.08. The van der Waals surface area contributed by atoms with Gasteiger partial charge < -0.3 is 14.8 Å². The number of ether oxygens (including phenoxy) is 2. The van der Waals surface area contributed by atoms with E-state index in [1.807, 2.05) is 23.5 Å². The second-order valence-corrected chi connectivity index (χ2v) is 5.48. The van der Waals surface area contributed by atoms with E-state index in [4.69, 9.17) is 4.74 Å². The number of hydrogen-bond donors (Lipinski definition) is 2. The first kappa shape index (κ1) is 17.5. The van der Waals surface area contributed by atoms with Crippen molar-refractivity contribution in [1.82, 2.24) is 5.32 Å². The molecule has 1 heterocycles. The van der Waals surface area contributed by atoms with Gasteiger partial charge in [0, 0.05) is 0 Å². The highest BCUT2D eigenvalue weighted by molar-refractivity contribution is 7.14. The van der Waals surface area contributed by atoms with Crippen molar-refractivity contribution in [2.45, 2.75) is 6.42 Å². The van der Waals surface area contributed by atoms with Gasteiger partial charge >= 0.3 is 6.09 Å². The Hall–Kier alpha value is -2.87. The van der Waals surface area contributed by atoms with Gasteiger partial charge in [0.1, 0.15) is 10.8 Å². The molecular formula is C16H16N2O5S. The minimum absolute atomic E-state index is 0.130. The van der Waals surface area contributed by atoms with Crippen LogP contribution in [0.25, 0.3) is 0 Å². The van der Waals surface area contributed by atoms with Crippen LogP contribution in [0.1, 0.15) is 16.8 Å². The number of methoxy groups -OCH3 is 1. The average molecular weight is 348 g/mol. The standard InChI is InChI=1S/C16H16N2O5S/c1-22-16(21)18-14(20)12-8-10-24-15(12)17-13(19)7-9-23-11-5-3-2-4-6-11/h2-6,8,10H,7,9H2,1H3,(H,17,19)(H,18,20,21). The summed E-state index contributed by atoms with van der Waals surface area (Å²) in [5.74, 6) is -0.251.